The lowest BCUT2D eigenvalue weighted by molar-refractivity contribution is -0.132. The number of carbonyl (C=O) groups excluding carboxylic acids is 1. The van der Waals surface area contributed by atoms with Crippen molar-refractivity contribution >= 4 is 23.4 Å². The first kappa shape index (κ1) is 20.9. The van der Waals surface area contributed by atoms with E-state index in [2.05, 4.69) is 15.7 Å². The van der Waals surface area contributed by atoms with Crippen LogP contribution in [0.15, 0.2) is 60.4 Å². The van der Waals surface area contributed by atoms with Crippen molar-refractivity contribution < 1.29 is 28.6 Å². The molecular weight excluding hydrogens is 419 g/mol. The smallest absolute Gasteiger partial charge is 0.352 e. The maximum atomic E-state index is 13.4. The number of fused-ring (bicyclic) bond motifs is 1. The summed E-state index contributed by atoms with van der Waals surface area (Å²) >= 11 is 0. The molecule has 0 unspecified atom stereocenters. The minimum absolute atomic E-state index is 0.118. The van der Waals surface area contributed by atoms with E-state index in [-0.39, 0.29) is 17.1 Å². The molecule has 3 N–H and O–H groups in total. The number of nitrogens with zero attached hydrogens (tertiary/aromatic N) is 2. The third-order valence-corrected chi connectivity index (χ3v) is 4.96. The average molecular weight is 438 g/mol. The van der Waals surface area contributed by atoms with Crippen molar-refractivity contribution in [1.29, 1.82) is 0 Å². The van der Waals surface area contributed by atoms with E-state index >= 15 is 0 Å². The predicted octanol–water partition coefficient (Wildman–Crippen LogP) is 3.28. The molecule has 0 spiro atoms. The van der Waals surface area contributed by atoms with E-state index < -0.39 is 23.7 Å². The topological polar surface area (TPSA) is 115 Å². The summed E-state index contributed by atoms with van der Waals surface area (Å²) in [6.07, 6.45) is 2.79. The number of allylic oxidation sites excluding steroid dienone is 1. The minimum Gasteiger partial charge on any atom is -0.493 e. The summed E-state index contributed by atoms with van der Waals surface area (Å²) < 4.78 is 25.3. The number of aliphatic carboxylic acids is 1. The Balaban J connectivity index is 1.68. The first-order valence-corrected chi connectivity index (χ1v) is 9.49. The molecule has 0 saturated heterocycles. The Labute approximate surface area is 182 Å². The number of amides is 1. The Morgan fingerprint density at radius 1 is 1.12 bits per heavy atom. The Morgan fingerprint density at radius 2 is 1.84 bits per heavy atom. The third kappa shape index (κ3) is 3.85. The Hall–Kier alpha value is -4.34. The van der Waals surface area contributed by atoms with Gasteiger partial charge in [-0.15, -0.1) is 0 Å². The van der Waals surface area contributed by atoms with E-state index in [0.29, 0.717) is 22.7 Å². The molecule has 4 rings (SSSR count). The molecule has 0 radical (unpaired) electrons. The molecular formula is C22H19FN4O5. The lowest BCUT2D eigenvalue weighted by atomic mass is 10.0. The summed E-state index contributed by atoms with van der Waals surface area (Å²) in [5.74, 6) is -0.967. The number of carboxylic acids is 1. The van der Waals surface area contributed by atoms with Crippen molar-refractivity contribution in [2.75, 3.05) is 24.9 Å². The molecule has 164 valence electrons. The van der Waals surface area contributed by atoms with Gasteiger partial charge in [0, 0.05) is 11.8 Å². The van der Waals surface area contributed by atoms with Crippen molar-refractivity contribution in [3.05, 3.63) is 77.4 Å². The monoisotopic (exact) mass is 438 g/mol. The molecule has 0 saturated carbocycles. The maximum Gasteiger partial charge on any atom is 0.352 e. The van der Waals surface area contributed by atoms with Gasteiger partial charge in [0.25, 0.3) is 5.91 Å². The zero-order valence-corrected chi connectivity index (χ0v) is 17.1. The normalized spacial score (nSPS) is 14.6. The Morgan fingerprint density at radius 3 is 2.50 bits per heavy atom. The van der Waals surface area contributed by atoms with Crippen LogP contribution in [-0.2, 0) is 4.79 Å². The first-order chi connectivity index (χ1) is 15.4. The fourth-order valence-corrected chi connectivity index (χ4v) is 3.40. The van der Waals surface area contributed by atoms with Crippen LogP contribution in [0.1, 0.15) is 22.0 Å². The lowest BCUT2D eigenvalue weighted by Crippen LogP contribution is -2.25. The summed E-state index contributed by atoms with van der Waals surface area (Å²) in [6, 6.07) is 9.89. The number of aromatic nitrogens is 2. The third-order valence-electron chi connectivity index (χ3n) is 4.96. The van der Waals surface area contributed by atoms with Crippen LogP contribution in [0.5, 0.6) is 11.5 Å². The highest BCUT2D eigenvalue weighted by Crippen LogP contribution is 2.33. The van der Waals surface area contributed by atoms with Crippen molar-refractivity contribution in [3.8, 4) is 11.5 Å². The summed E-state index contributed by atoms with van der Waals surface area (Å²) in [7, 11) is 2.99. The second-order valence-corrected chi connectivity index (χ2v) is 6.88. The molecule has 1 aliphatic heterocycles. The Kier molecular flexibility index (Phi) is 5.50. The van der Waals surface area contributed by atoms with Crippen LogP contribution in [0.25, 0.3) is 0 Å². The van der Waals surface area contributed by atoms with Gasteiger partial charge in [-0.1, -0.05) is 12.1 Å². The van der Waals surface area contributed by atoms with Crippen LogP contribution in [0.4, 0.5) is 15.9 Å². The fourth-order valence-electron chi connectivity index (χ4n) is 3.40. The van der Waals surface area contributed by atoms with Gasteiger partial charge in [0.2, 0.25) is 0 Å². The lowest BCUT2D eigenvalue weighted by Gasteiger charge is -2.24. The van der Waals surface area contributed by atoms with E-state index in [1.165, 1.54) is 55.4 Å². The van der Waals surface area contributed by atoms with Crippen molar-refractivity contribution in [2.45, 2.75) is 6.04 Å². The SMILES string of the molecule is COc1ccc(NC(=O)c2cnn3c2NC(C(=O)O)=C[C@@H]3c2ccc(F)cc2)cc1OC. The van der Waals surface area contributed by atoms with E-state index in [0.717, 1.165) is 0 Å². The van der Waals surface area contributed by atoms with Gasteiger partial charge in [0.1, 0.15) is 22.9 Å². The van der Waals surface area contributed by atoms with Gasteiger partial charge in [-0.25, -0.2) is 13.9 Å². The number of carbonyl (C=O) groups is 2. The highest BCUT2D eigenvalue weighted by atomic mass is 19.1. The number of halogens is 1. The summed E-state index contributed by atoms with van der Waals surface area (Å²) in [5.41, 5.74) is 1.08. The molecule has 1 atom stereocenters. The minimum atomic E-state index is -1.20. The zero-order valence-electron chi connectivity index (χ0n) is 17.1. The number of benzene rings is 2. The van der Waals surface area contributed by atoms with Gasteiger partial charge in [-0.3, -0.25) is 4.79 Å². The van der Waals surface area contributed by atoms with Crippen molar-refractivity contribution in [2.24, 2.45) is 0 Å². The van der Waals surface area contributed by atoms with Crippen LogP contribution in [-0.4, -0.2) is 41.0 Å². The molecule has 9 nitrogen and oxygen atoms in total. The van der Waals surface area contributed by atoms with Crippen LogP contribution >= 0.6 is 0 Å². The van der Waals surface area contributed by atoms with E-state index in [1.54, 1.807) is 18.2 Å². The second-order valence-electron chi connectivity index (χ2n) is 6.88. The first-order valence-electron chi connectivity index (χ1n) is 9.49. The number of methoxy groups -OCH3 is 2. The molecule has 1 aromatic heterocycles. The highest BCUT2D eigenvalue weighted by Gasteiger charge is 2.29. The molecule has 0 aliphatic carbocycles. The largest absolute Gasteiger partial charge is 0.493 e. The van der Waals surface area contributed by atoms with Gasteiger partial charge in [0.05, 0.1) is 26.5 Å². The van der Waals surface area contributed by atoms with Gasteiger partial charge in [0.15, 0.2) is 11.5 Å². The molecule has 32 heavy (non-hydrogen) atoms. The maximum absolute atomic E-state index is 13.4. The number of rotatable bonds is 6. The van der Waals surface area contributed by atoms with E-state index in [1.807, 2.05) is 0 Å². The number of anilines is 2. The second kappa shape index (κ2) is 8.42. The fraction of sp³-hybridized carbons (Fsp3) is 0.136. The molecule has 2 aromatic carbocycles. The van der Waals surface area contributed by atoms with Crippen molar-refractivity contribution in [1.82, 2.24) is 9.78 Å². The van der Waals surface area contributed by atoms with Crippen LogP contribution in [0, 0.1) is 5.82 Å². The molecule has 1 amide bonds. The van der Waals surface area contributed by atoms with Crippen LogP contribution in [0.3, 0.4) is 0 Å². The average Bonchev–Trinajstić information content (AvgIpc) is 3.23. The molecule has 2 heterocycles. The van der Waals surface area contributed by atoms with E-state index in [4.69, 9.17) is 9.47 Å². The molecule has 3 aromatic rings. The zero-order chi connectivity index (χ0) is 22.8. The highest BCUT2D eigenvalue weighted by molar-refractivity contribution is 6.08. The Bertz CT molecular complexity index is 1220. The standard InChI is InChI=1S/C22H19FN4O5/c1-31-18-8-7-14(9-19(18)32-2)25-21(28)15-11-24-27-17(12-3-5-13(23)6-4-12)10-16(22(29)30)26-20(15)27/h3-11,17,26H,1-2H3,(H,25,28)(H,29,30)/t17-/m1/s1. The summed E-state index contributed by atoms with van der Waals surface area (Å²) in [4.78, 5) is 24.6. The molecule has 1 aliphatic rings. The van der Waals surface area contributed by atoms with Gasteiger partial charge >= 0.3 is 5.97 Å². The number of ether oxygens (including phenoxy) is 2. The summed E-state index contributed by atoms with van der Waals surface area (Å²) in [5, 5.41) is 19.3. The van der Waals surface area contributed by atoms with Crippen molar-refractivity contribution in [3.63, 3.8) is 0 Å². The van der Waals surface area contributed by atoms with Gasteiger partial charge < -0.3 is 25.2 Å². The number of nitrogens with one attached hydrogen (secondary N) is 2. The quantitative estimate of drug-likeness (QED) is 0.541. The van der Waals surface area contributed by atoms with Gasteiger partial charge in [-0.2, -0.15) is 5.10 Å². The number of carboxylic acid groups (broad SMARTS) is 1. The number of hydrogen-bond donors (Lipinski definition) is 3. The predicted molar refractivity (Wildman–Crippen MR) is 114 cm³/mol. The number of hydrogen-bond acceptors (Lipinski definition) is 6. The van der Waals surface area contributed by atoms with E-state index in [9.17, 15) is 19.1 Å². The molecule has 0 bridgehead atoms. The summed E-state index contributed by atoms with van der Waals surface area (Å²) in [6.45, 7) is 0. The molecule has 10 heteroatoms. The van der Waals surface area contributed by atoms with Crippen LogP contribution in [0.2, 0.25) is 0 Å². The molecule has 0 fully saturated rings. The van der Waals surface area contributed by atoms with Crippen LogP contribution < -0.4 is 20.1 Å². The van der Waals surface area contributed by atoms with Gasteiger partial charge in [-0.05, 0) is 35.9 Å².